The van der Waals surface area contributed by atoms with Crippen molar-refractivity contribution in [3.8, 4) is 11.5 Å². The average Bonchev–Trinajstić information content (AvgIpc) is 2.45. The van der Waals surface area contributed by atoms with E-state index in [0.29, 0.717) is 0 Å². The van der Waals surface area contributed by atoms with Crippen LogP contribution < -0.4 is 0 Å². The SMILES string of the molecule is COC1=CC(=O)c2c(O)c3c(c(O)c2C1=O)C=C(C)O[C@@H]3O. The highest BCUT2D eigenvalue weighted by Gasteiger charge is 2.38. The summed E-state index contributed by atoms with van der Waals surface area (Å²) < 4.78 is 9.87. The molecule has 7 heteroatoms. The molecule has 0 spiro atoms. The quantitative estimate of drug-likeness (QED) is 0.672. The van der Waals surface area contributed by atoms with Gasteiger partial charge in [0.25, 0.3) is 0 Å². The minimum atomic E-state index is -1.55. The van der Waals surface area contributed by atoms with Gasteiger partial charge in [0.05, 0.1) is 29.6 Å². The Kier molecular flexibility index (Phi) is 2.96. The number of aromatic hydroxyl groups is 2. The molecule has 0 fully saturated rings. The molecule has 0 amide bonds. The van der Waals surface area contributed by atoms with Crippen molar-refractivity contribution in [2.24, 2.45) is 0 Å². The first kappa shape index (κ1) is 14.2. The van der Waals surface area contributed by atoms with Gasteiger partial charge >= 0.3 is 0 Å². The second-order valence-corrected chi connectivity index (χ2v) is 4.91. The molecule has 114 valence electrons. The Bertz CT molecular complexity index is 786. The highest BCUT2D eigenvalue weighted by molar-refractivity contribution is 6.26. The zero-order valence-corrected chi connectivity index (χ0v) is 11.7. The van der Waals surface area contributed by atoms with Crippen LogP contribution in [0.3, 0.4) is 0 Å². The van der Waals surface area contributed by atoms with E-state index >= 15 is 0 Å². The van der Waals surface area contributed by atoms with Crippen LogP contribution in [0.2, 0.25) is 0 Å². The molecule has 2 aliphatic rings. The normalized spacial score (nSPS) is 19.7. The standard InChI is InChI=1S/C15H12O7/c1-5-3-6-9(15(20)22-5)14(19)10-7(16)4-8(21-2)13(18)11(10)12(6)17/h3-4,15,17,19-20H,1-2H3/t15-/m0/s1. The number of methoxy groups -OCH3 is 1. The summed E-state index contributed by atoms with van der Waals surface area (Å²) in [5.74, 6) is -2.48. The number of hydrogen-bond donors (Lipinski definition) is 3. The van der Waals surface area contributed by atoms with Gasteiger partial charge in [-0.05, 0) is 13.0 Å². The van der Waals surface area contributed by atoms with E-state index in [9.17, 15) is 24.9 Å². The van der Waals surface area contributed by atoms with Crippen molar-refractivity contribution in [3.05, 3.63) is 39.8 Å². The third kappa shape index (κ3) is 1.72. The van der Waals surface area contributed by atoms with Gasteiger partial charge in [-0.15, -0.1) is 0 Å². The predicted molar refractivity (Wildman–Crippen MR) is 73.2 cm³/mol. The number of carbonyl (C=O) groups is 2. The summed E-state index contributed by atoms with van der Waals surface area (Å²) >= 11 is 0. The molecule has 1 aromatic rings. The molecule has 1 aliphatic heterocycles. The maximum absolute atomic E-state index is 12.3. The van der Waals surface area contributed by atoms with Gasteiger partial charge in [0.15, 0.2) is 11.5 Å². The Morgan fingerprint density at radius 1 is 1.14 bits per heavy atom. The molecule has 1 aliphatic carbocycles. The molecule has 7 nitrogen and oxygen atoms in total. The fourth-order valence-electron chi connectivity index (χ4n) is 2.62. The Morgan fingerprint density at radius 3 is 2.45 bits per heavy atom. The summed E-state index contributed by atoms with van der Waals surface area (Å²) in [7, 11) is 1.22. The molecule has 1 aromatic carbocycles. The maximum atomic E-state index is 12.3. The lowest BCUT2D eigenvalue weighted by molar-refractivity contribution is -0.0703. The first-order chi connectivity index (χ1) is 10.4. The average molecular weight is 304 g/mol. The monoisotopic (exact) mass is 304 g/mol. The molecule has 0 unspecified atom stereocenters. The number of rotatable bonds is 1. The van der Waals surface area contributed by atoms with Crippen molar-refractivity contribution in [2.45, 2.75) is 13.2 Å². The highest BCUT2D eigenvalue weighted by Crippen LogP contribution is 2.46. The molecule has 22 heavy (non-hydrogen) atoms. The highest BCUT2D eigenvalue weighted by atomic mass is 16.6. The van der Waals surface area contributed by atoms with Crippen molar-refractivity contribution < 1.29 is 34.4 Å². The van der Waals surface area contributed by atoms with Crippen LogP contribution in [0, 0.1) is 0 Å². The zero-order chi connectivity index (χ0) is 16.2. The smallest absolute Gasteiger partial charge is 0.232 e. The topological polar surface area (TPSA) is 113 Å². The summed E-state index contributed by atoms with van der Waals surface area (Å²) in [6.07, 6.45) is 0.736. The molecule has 1 heterocycles. The minimum Gasteiger partial charge on any atom is -0.507 e. The summed E-state index contributed by atoms with van der Waals surface area (Å²) in [6.45, 7) is 1.54. The number of phenols is 2. The number of Topliss-reactive ketones (excluding diaryl/α,β-unsaturated/α-hetero) is 1. The van der Waals surface area contributed by atoms with Gasteiger partial charge in [0.1, 0.15) is 11.5 Å². The van der Waals surface area contributed by atoms with E-state index in [1.165, 1.54) is 20.1 Å². The largest absolute Gasteiger partial charge is 0.507 e. The van der Waals surface area contributed by atoms with Crippen LogP contribution in [0.15, 0.2) is 17.6 Å². The van der Waals surface area contributed by atoms with Crippen LogP contribution in [-0.4, -0.2) is 34.0 Å². The van der Waals surface area contributed by atoms with Crippen molar-refractivity contribution in [1.29, 1.82) is 0 Å². The number of ketones is 2. The Balaban J connectivity index is 2.40. The predicted octanol–water partition coefficient (Wildman–Crippen LogP) is 1.39. The van der Waals surface area contributed by atoms with E-state index < -0.39 is 29.4 Å². The number of phenolic OH excluding ortho intramolecular Hbond substituents is 2. The maximum Gasteiger partial charge on any atom is 0.232 e. The molecule has 0 radical (unpaired) electrons. The van der Waals surface area contributed by atoms with Crippen molar-refractivity contribution in [3.63, 3.8) is 0 Å². The van der Waals surface area contributed by atoms with Crippen LogP contribution in [0.25, 0.3) is 6.08 Å². The first-order valence-electron chi connectivity index (χ1n) is 6.36. The van der Waals surface area contributed by atoms with Gasteiger partial charge in [-0.3, -0.25) is 9.59 Å². The van der Waals surface area contributed by atoms with Crippen molar-refractivity contribution >= 4 is 17.6 Å². The number of ether oxygens (including phenoxy) is 2. The molecular weight excluding hydrogens is 292 g/mol. The van der Waals surface area contributed by atoms with Gasteiger partial charge in [0.2, 0.25) is 12.1 Å². The van der Waals surface area contributed by atoms with Gasteiger partial charge in [-0.1, -0.05) is 0 Å². The summed E-state index contributed by atoms with van der Waals surface area (Å²) in [6, 6.07) is 0. The number of fused-ring (bicyclic) bond motifs is 2. The van der Waals surface area contributed by atoms with Gasteiger partial charge in [0, 0.05) is 11.6 Å². The first-order valence-corrected chi connectivity index (χ1v) is 6.36. The Hall–Kier alpha value is -2.80. The van der Waals surface area contributed by atoms with E-state index in [1.54, 1.807) is 0 Å². The van der Waals surface area contributed by atoms with Gasteiger partial charge in [-0.25, -0.2) is 0 Å². The molecule has 3 rings (SSSR count). The molecule has 0 saturated carbocycles. The number of aliphatic hydroxyl groups is 1. The fourth-order valence-corrected chi connectivity index (χ4v) is 2.62. The second-order valence-electron chi connectivity index (χ2n) is 4.91. The van der Waals surface area contributed by atoms with Gasteiger partial charge < -0.3 is 24.8 Å². The molecule has 0 aromatic heterocycles. The number of hydrogen-bond acceptors (Lipinski definition) is 7. The Morgan fingerprint density at radius 2 is 1.82 bits per heavy atom. The van der Waals surface area contributed by atoms with E-state index in [1.807, 2.05) is 0 Å². The van der Waals surface area contributed by atoms with Crippen LogP contribution in [0.5, 0.6) is 11.5 Å². The van der Waals surface area contributed by atoms with E-state index in [-0.39, 0.29) is 33.8 Å². The number of benzene rings is 1. The summed E-state index contributed by atoms with van der Waals surface area (Å²) in [5.41, 5.74) is -0.848. The Labute approximate surface area is 124 Å². The number of aliphatic hydroxyl groups excluding tert-OH is 1. The zero-order valence-electron chi connectivity index (χ0n) is 11.7. The molecule has 1 atom stereocenters. The molecule has 0 saturated heterocycles. The fraction of sp³-hybridized carbons (Fsp3) is 0.200. The number of allylic oxidation sites excluding steroid dienone is 3. The lowest BCUT2D eigenvalue weighted by Gasteiger charge is -2.26. The van der Waals surface area contributed by atoms with E-state index in [2.05, 4.69) is 0 Å². The molecule has 0 bridgehead atoms. The van der Waals surface area contributed by atoms with Crippen molar-refractivity contribution in [1.82, 2.24) is 0 Å². The molecule has 3 N–H and O–H groups in total. The number of carbonyl (C=O) groups excluding carboxylic acids is 2. The third-order valence-corrected chi connectivity index (χ3v) is 3.60. The summed E-state index contributed by atoms with van der Waals surface area (Å²) in [5, 5.41) is 30.6. The summed E-state index contributed by atoms with van der Waals surface area (Å²) in [4.78, 5) is 24.4. The second kappa shape index (κ2) is 4.60. The van der Waals surface area contributed by atoms with Crippen LogP contribution in [-0.2, 0) is 9.47 Å². The van der Waals surface area contributed by atoms with Crippen LogP contribution >= 0.6 is 0 Å². The van der Waals surface area contributed by atoms with E-state index in [4.69, 9.17) is 9.47 Å². The molecular formula is C15H12O7. The van der Waals surface area contributed by atoms with Crippen molar-refractivity contribution in [2.75, 3.05) is 7.11 Å². The lowest BCUT2D eigenvalue weighted by Crippen LogP contribution is -2.21. The van der Waals surface area contributed by atoms with Crippen LogP contribution in [0.4, 0.5) is 0 Å². The van der Waals surface area contributed by atoms with Gasteiger partial charge in [-0.2, -0.15) is 0 Å². The van der Waals surface area contributed by atoms with Crippen LogP contribution in [0.1, 0.15) is 45.1 Å². The minimum absolute atomic E-state index is 0.0333. The third-order valence-electron chi connectivity index (χ3n) is 3.60. The van der Waals surface area contributed by atoms with E-state index in [0.717, 1.165) is 6.08 Å². The lowest BCUT2D eigenvalue weighted by atomic mass is 9.86.